The molecule has 0 bridgehead atoms. The van der Waals surface area contributed by atoms with Crippen LogP contribution >= 0.6 is 0 Å². The normalized spacial score (nSPS) is 22.2. The average molecular weight is 269 g/mol. The number of primary amides is 1. The first-order chi connectivity index (χ1) is 8.73. The first-order valence-corrected chi connectivity index (χ1v) is 5.25. The van der Waals surface area contributed by atoms with E-state index >= 15 is 0 Å². The lowest BCUT2D eigenvalue weighted by Crippen LogP contribution is -2.30. The van der Waals surface area contributed by atoms with E-state index in [-0.39, 0.29) is 6.42 Å². The molecule has 0 spiro atoms. The fourth-order valence-corrected chi connectivity index (χ4v) is 1.84. The Morgan fingerprint density at radius 2 is 1.63 bits per heavy atom. The molecule has 2 N–H and O–H groups in total. The van der Waals surface area contributed by atoms with Crippen molar-refractivity contribution in [2.75, 3.05) is 0 Å². The molecule has 0 aliphatic heterocycles. The van der Waals surface area contributed by atoms with Crippen molar-refractivity contribution < 1.29 is 19.4 Å². The second-order valence-electron chi connectivity index (χ2n) is 4.08. The van der Waals surface area contributed by atoms with Crippen LogP contribution in [0, 0.1) is 32.1 Å². The molecule has 1 aliphatic rings. The number of nitro groups is 2. The SMILES string of the molecule is CC(=O)CC1C([N+](=O)[O-])=CC(C(N)=O)C=C1[N+](=O)[O-]. The molecular formula is C10H11N3O6. The number of carbonyl (C=O) groups is 2. The highest BCUT2D eigenvalue weighted by atomic mass is 16.6. The highest BCUT2D eigenvalue weighted by Gasteiger charge is 2.41. The summed E-state index contributed by atoms with van der Waals surface area (Å²) < 4.78 is 0. The lowest BCUT2D eigenvalue weighted by atomic mass is 9.86. The molecule has 1 amide bonds. The van der Waals surface area contributed by atoms with Crippen molar-refractivity contribution in [3.63, 3.8) is 0 Å². The van der Waals surface area contributed by atoms with E-state index in [1.807, 2.05) is 0 Å². The summed E-state index contributed by atoms with van der Waals surface area (Å²) >= 11 is 0. The zero-order valence-corrected chi connectivity index (χ0v) is 9.94. The van der Waals surface area contributed by atoms with E-state index in [9.17, 15) is 29.8 Å². The smallest absolute Gasteiger partial charge is 0.257 e. The third-order valence-corrected chi connectivity index (χ3v) is 2.66. The fraction of sp³-hybridized carbons (Fsp3) is 0.400. The van der Waals surface area contributed by atoms with Gasteiger partial charge in [-0.2, -0.15) is 0 Å². The van der Waals surface area contributed by atoms with Crippen LogP contribution in [0.1, 0.15) is 13.3 Å². The van der Waals surface area contributed by atoms with Gasteiger partial charge in [-0.15, -0.1) is 0 Å². The Labute approximate surface area is 107 Å². The van der Waals surface area contributed by atoms with E-state index in [4.69, 9.17) is 5.73 Å². The Kier molecular flexibility index (Phi) is 4.10. The van der Waals surface area contributed by atoms with Crippen LogP contribution in [0.15, 0.2) is 23.5 Å². The van der Waals surface area contributed by atoms with Gasteiger partial charge in [-0.25, -0.2) is 0 Å². The summed E-state index contributed by atoms with van der Waals surface area (Å²) in [5.41, 5.74) is 3.90. The molecule has 0 heterocycles. The Balaban J connectivity index is 3.30. The Morgan fingerprint density at radius 3 is 1.89 bits per heavy atom. The summed E-state index contributed by atoms with van der Waals surface area (Å²) in [5.74, 6) is -3.84. The van der Waals surface area contributed by atoms with Gasteiger partial charge in [-0.05, 0) is 6.92 Å². The van der Waals surface area contributed by atoms with Crippen molar-refractivity contribution in [1.29, 1.82) is 0 Å². The third kappa shape index (κ3) is 3.21. The summed E-state index contributed by atoms with van der Waals surface area (Å²) in [5, 5.41) is 21.8. The first-order valence-electron chi connectivity index (χ1n) is 5.25. The zero-order chi connectivity index (χ0) is 14.7. The van der Waals surface area contributed by atoms with Gasteiger partial charge in [0, 0.05) is 18.6 Å². The molecule has 0 radical (unpaired) electrons. The summed E-state index contributed by atoms with van der Waals surface area (Å²) in [4.78, 5) is 42.3. The van der Waals surface area contributed by atoms with Gasteiger partial charge >= 0.3 is 0 Å². The van der Waals surface area contributed by atoms with Gasteiger partial charge in [0.2, 0.25) is 5.91 Å². The van der Waals surface area contributed by atoms with E-state index in [1.54, 1.807) is 0 Å². The summed E-state index contributed by atoms with van der Waals surface area (Å²) in [7, 11) is 0. The molecule has 0 atom stereocenters. The standard InChI is InChI=1S/C10H11N3O6/c1-5(14)2-7-8(12(16)17)3-6(10(11)15)4-9(7)13(18)19/h3-4,6-7H,2H2,1H3,(H2,11,15). The lowest BCUT2D eigenvalue weighted by Gasteiger charge is -2.17. The van der Waals surface area contributed by atoms with E-state index in [1.165, 1.54) is 6.92 Å². The largest absolute Gasteiger partial charge is 0.369 e. The number of Topliss-reactive ketones (excluding diaryl/α,β-unsaturated/α-hetero) is 1. The molecule has 9 nitrogen and oxygen atoms in total. The van der Waals surface area contributed by atoms with E-state index in [0.29, 0.717) is 0 Å². The van der Waals surface area contributed by atoms with Crippen molar-refractivity contribution >= 4 is 11.7 Å². The molecule has 0 saturated heterocycles. The highest BCUT2D eigenvalue weighted by molar-refractivity contribution is 5.81. The van der Waals surface area contributed by atoms with Crippen molar-refractivity contribution in [2.24, 2.45) is 17.6 Å². The Hall–Kier alpha value is -2.58. The van der Waals surface area contributed by atoms with Gasteiger partial charge in [-0.1, -0.05) is 0 Å². The van der Waals surface area contributed by atoms with Gasteiger partial charge in [0.1, 0.15) is 11.7 Å². The monoisotopic (exact) mass is 269 g/mol. The maximum absolute atomic E-state index is 11.1. The molecular weight excluding hydrogens is 258 g/mol. The minimum absolute atomic E-state index is 0.370. The number of hydrogen-bond acceptors (Lipinski definition) is 6. The van der Waals surface area contributed by atoms with Gasteiger partial charge in [-0.3, -0.25) is 29.8 Å². The first kappa shape index (κ1) is 14.5. The number of nitrogens with zero attached hydrogens (tertiary/aromatic N) is 2. The summed E-state index contributed by atoms with van der Waals surface area (Å²) in [6.45, 7) is 1.18. The molecule has 1 rings (SSSR count). The van der Waals surface area contributed by atoms with Crippen molar-refractivity contribution in [2.45, 2.75) is 13.3 Å². The van der Waals surface area contributed by atoms with Crippen LogP contribution in [-0.4, -0.2) is 21.5 Å². The van der Waals surface area contributed by atoms with Gasteiger partial charge < -0.3 is 5.73 Å². The van der Waals surface area contributed by atoms with Gasteiger partial charge in [0.05, 0.1) is 15.8 Å². The number of amides is 1. The van der Waals surface area contributed by atoms with Crippen LogP contribution in [0.25, 0.3) is 0 Å². The number of carbonyl (C=O) groups excluding carboxylic acids is 2. The lowest BCUT2D eigenvalue weighted by molar-refractivity contribution is -0.461. The highest BCUT2D eigenvalue weighted by Crippen LogP contribution is 2.32. The van der Waals surface area contributed by atoms with Crippen LogP contribution < -0.4 is 5.73 Å². The quantitative estimate of drug-likeness (QED) is 0.549. The van der Waals surface area contributed by atoms with Crippen LogP contribution in [-0.2, 0) is 9.59 Å². The minimum atomic E-state index is -1.27. The molecule has 0 aromatic heterocycles. The van der Waals surface area contributed by atoms with Crippen LogP contribution in [0.5, 0.6) is 0 Å². The second kappa shape index (κ2) is 5.38. The van der Waals surface area contributed by atoms with Crippen LogP contribution in [0.2, 0.25) is 0 Å². The van der Waals surface area contributed by atoms with Crippen molar-refractivity contribution in [3.8, 4) is 0 Å². The maximum atomic E-state index is 11.1. The number of hydrogen-bond donors (Lipinski definition) is 1. The van der Waals surface area contributed by atoms with Crippen LogP contribution in [0.4, 0.5) is 0 Å². The number of rotatable bonds is 5. The molecule has 0 fully saturated rings. The predicted molar refractivity (Wildman–Crippen MR) is 61.6 cm³/mol. The molecule has 0 unspecified atom stereocenters. The Morgan fingerprint density at radius 1 is 1.21 bits per heavy atom. The Bertz CT molecular complexity index is 489. The molecule has 0 aromatic rings. The zero-order valence-electron chi connectivity index (χ0n) is 9.94. The van der Waals surface area contributed by atoms with Crippen molar-refractivity contribution in [1.82, 2.24) is 0 Å². The maximum Gasteiger partial charge on any atom is 0.257 e. The molecule has 0 aromatic carbocycles. The van der Waals surface area contributed by atoms with Gasteiger partial charge in [0.15, 0.2) is 0 Å². The van der Waals surface area contributed by atoms with E-state index < -0.39 is 44.8 Å². The van der Waals surface area contributed by atoms with E-state index in [2.05, 4.69) is 0 Å². The summed E-state index contributed by atoms with van der Waals surface area (Å²) in [6.07, 6.45) is 1.52. The predicted octanol–water partition coefficient (Wildman–Crippen LogP) is 0.0180. The molecule has 102 valence electrons. The average Bonchev–Trinajstić information content (AvgIpc) is 2.27. The molecule has 1 aliphatic carbocycles. The van der Waals surface area contributed by atoms with Crippen LogP contribution in [0.3, 0.4) is 0 Å². The summed E-state index contributed by atoms with van der Waals surface area (Å²) in [6, 6.07) is 0. The second-order valence-corrected chi connectivity index (χ2v) is 4.08. The molecule has 19 heavy (non-hydrogen) atoms. The third-order valence-electron chi connectivity index (χ3n) is 2.66. The number of ketones is 1. The minimum Gasteiger partial charge on any atom is -0.369 e. The van der Waals surface area contributed by atoms with E-state index in [0.717, 1.165) is 12.2 Å². The molecule has 0 saturated carbocycles. The molecule has 9 heteroatoms. The van der Waals surface area contributed by atoms with Crippen molar-refractivity contribution in [3.05, 3.63) is 43.8 Å². The van der Waals surface area contributed by atoms with Gasteiger partial charge in [0.25, 0.3) is 11.4 Å². The fourth-order valence-electron chi connectivity index (χ4n) is 1.84. The number of nitrogens with two attached hydrogens (primary N) is 1. The topological polar surface area (TPSA) is 146 Å².